The highest BCUT2D eigenvalue weighted by Gasteiger charge is 2.29. The van der Waals surface area contributed by atoms with Gasteiger partial charge in [0.05, 0.1) is 17.1 Å². The predicted octanol–water partition coefficient (Wildman–Crippen LogP) is 4.36. The normalized spacial score (nSPS) is 14.7. The Bertz CT molecular complexity index is 819. The molecule has 0 saturated heterocycles. The van der Waals surface area contributed by atoms with Crippen molar-refractivity contribution in [1.29, 1.82) is 5.26 Å². The number of halogens is 1. The number of nitrogens with zero attached hydrogens (tertiary/aromatic N) is 2. The fourth-order valence-electron chi connectivity index (χ4n) is 2.84. The van der Waals surface area contributed by atoms with E-state index < -0.39 is 5.82 Å². The number of carbonyl (C=O) groups excluding carboxylic acids is 1. The number of rotatable bonds is 3. The molecule has 3 rings (SSSR count). The van der Waals surface area contributed by atoms with Gasteiger partial charge in [0.25, 0.3) is 0 Å². The smallest absolute Gasteiger partial charge is 0.226 e. The Kier molecular flexibility index (Phi) is 3.63. The van der Waals surface area contributed by atoms with Crippen molar-refractivity contribution < 1.29 is 9.18 Å². The molecule has 0 spiro atoms. The molecule has 1 N–H and O–H groups in total. The Balaban J connectivity index is 2.03. The number of amides is 1. The van der Waals surface area contributed by atoms with Gasteiger partial charge in [-0.1, -0.05) is 20.8 Å². The van der Waals surface area contributed by atoms with E-state index in [4.69, 9.17) is 5.26 Å². The number of fused-ring (bicyclic) bond motifs is 1. The lowest BCUT2D eigenvalue weighted by Crippen LogP contribution is -2.21. The van der Waals surface area contributed by atoms with Gasteiger partial charge in [0.2, 0.25) is 5.91 Å². The van der Waals surface area contributed by atoms with Crippen LogP contribution in [0.25, 0.3) is 10.9 Å². The lowest BCUT2D eigenvalue weighted by molar-refractivity contribution is -0.117. The largest absolute Gasteiger partial charge is 0.324 e. The van der Waals surface area contributed by atoms with E-state index in [0.717, 1.165) is 12.8 Å². The van der Waals surface area contributed by atoms with E-state index in [2.05, 4.69) is 5.32 Å². The van der Waals surface area contributed by atoms with Gasteiger partial charge in [0, 0.05) is 17.8 Å². The fourth-order valence-corrected chi connectivity index (χ4v) is 2.84. The molecule has 1 aliphatic carbocycles. The van der Waals surface area contributed by atoms with Crippen LogP contribution < -0.4 is 5.32 Å². The zero-order valence-electron chi connectivity index (χ0n) is 13.6. The van der Waals surface area contributed by atoms with Gasteiger partial charge in [-0.05, 0) is 36.5 Å². The first-order valence-corrected chi connectivity index (χ1v) is 7.83. The van der Waals surface area contributed by atoms with Gasteiger partial charge in [-0.3, -0.25) is 4.79 Å². The molecule has 2 aromatic rings. The molecule has 0 bridgehead atoms. The Hall–Kier alpha value is -2.35. The number of hydrogen-bond donors (Lipinski definition) is 1. The van der Waals surface area contributed by atoms with Gasteiger partial charge in [0.15, 0.2) is 0 Å². The molecule has 1 saturated carbocycles. The lowest BCUT2D eigenvalue weighted by Gasteiger charge is -2.18. The zero-order chi connectivity index (χ0) is 16.8. The van der Waals surface area contributed by atoms with Crippen molar-refractivity contribution in [2.24, 2.45) is 5.41 Å². The van der Waals surface area contributed by atoms with Gasteiger partial charge in [-0.15, -0.1) is 0 Å². The van der Waals surface area contributed by atoms with Gasteiger partial charge < -0.3 is 9.88 Å². The molecule has 1 heterocycles. The van der Waals surface area contributed by atoms with Crippen LogP contribution in [0.1, 0.15) is 51.6 Å². The van der Waals surface area contributed by atoms with Crippen molar-refractivity contribution in [2.75, 3.05) is 5.32 Å². The standard InChI is InChI=1S/C18H20FN3O/c1-18(2,3)9-17(23)21-16-8-13-14(19)6-11(10-20)7-15(13)22(16)12-4-5-12/h6-8,12H,4-5,9H2,1-3H3,(H,21,23). The molecule has 1 amide bonds. The average molecular weight is 313 g/mol. The molecule has 23 heavy (non-hydrogen) atoms. The van der Waals surface area contributed by atoms with Crippen LogP contribution in [0.5, 0.6) is 0 Å². The molecule has 0 unspecified atom stereocenters. The summed E-state index contributed by atoms with van der Waals surface area (Å²) in [6.45, 7) is 6.01. The van der Waals surface area contributed by atoms with Gasteiger partial charge in [0.1, 0.15) is 11.6 Å². The maximum Gasteiger partial charge on any atom is 0.226 e. The van der Waals surface area contributed by atoms with E-state index in [1.165, 1.54) is 6.07 Å². The van der Waals surface area contributed by atoms with Crippen LogP contribution in [0.15, 0.2) is 18.2 Å². The van der Waals surface area contributed by atoms with Crippen molar-refractivity contribution in [2.45, 2.75) is 46.1 Å². The number of nitriles is 1. The first-order chi connectivity index (χ1) is 10.8. The lowest BCUT2D eigenvalue weighted by atomic mass is 9.92. The monoisotopic (exact) mass is 313 g/mol. The maximum absolute atomic E-state index is 14.2. The second kappa shape index (κ2) is 5.38. The SMILES string of the molecule is CC(C)(C)CC(=O)Nc1cc2c(F)cc(C#N)cc2n1C1CC1. The van der Waals surface area contributed by atoms with Crippen LogP contribution in [-0.2, 0) is 4.79 Å². The molecule has 120 valence electrons. The van der Waals surface area contributed by atoms with E-state index in [1.807, 2.05) is 31.4 Å². The third-order valence-corrected chi connectivity index (χ3v) is 3.91. The van der Waals surface area contributed by atoms with Crippen molar-refractivity contribution in [3.05, 3.63) is 29.6 Å². The molecule has 5 heteroatoms. The van der Waals surface area contributed by atoms with Crippen molar-refractivity contribution in [1.82, 2.24) is 4.57 Å². The fraction of sp³-hybridized carbons (Fsp3) is 0.444. The van der Waals surface area contributed by atoms with E-state index in [9.17, 15) is 9.18 Å². The number of hydrogen-bond acceptors (Lipinski definition) is 2. The summed E-state index contributed by atoms with van der Waals surface area (Å²) < 4.78 is 16.2. The Morgan fingerprint density at radius 1 is 1.39 bits per heavy atom. The summed E-state index contributed by atoms with van der Waals surface area (Å²) in [5.41, 5.74) is 0.859. The molecule has 4 nitrogen and oxygen atoms in total. The van der Waals surface area contributed by atoms with E-state index in [-0.39, 0.29) is 17.4 Å². The summed E-state index contributed by atoms with van der Waals surface area (Å²) in [6.07, 6.45) is 2.40. The highest BCUT2D eigenvalue weighted by atomic mass is 19.1. The maximum atomic E-state index is 14.2. The summed E-state index contributed by atoms with van der Waals surface area (Å²) in [5, 5.41) is 12.4. The summed E-state index contributed by atoms with van der Waals surface area (Å²) in [4.78, 5) is 12.2. The summed E-state index contributed by atoms with van der Waals surface area (Å²) in [7, 11) is 0. The molecule has 0 aliphatic heterocycles. The van der Waals surface area contributed by atoms with Crippen molar-refractivity contribution in [3.63, 3.8) is 0 Å². The van der Waals surface area contributed by atoms with E-state index in [0.29, 0.717) is 28.7 Å². The summed E-state index contributed by atoms with van der Waals surface area (Å²) in [6, 6.07) is 6.85. The molecule has 1 fully saturated rings. The molecule has 0 radical (unpaired) electrons. The molecular weight excluding hydrogens is 293 g/mol. The van der Waals surface area contributed by atoms with Gasteiger partial charge in [-0.2, -0.15) is 5.26 Å². The number of nitrogens with one attached hydrogen (secondary N) is 1. The van der Waals surface area contributed by atoms with E-state index in [1.54, 1.807) is 12.1 Å². The number of aromatic nitrogens is 1. The van der Waals surface area contributed by atoms with Crippen LogP contribution in [-0.4, -0.2) is 10.5 Å². The van der Waals surface area contributed by atoms with Crippen LogP contribution in [0.2, 0.25) is 0 Å². The topological polar surface area (TPSA) is 57.8 Å². The van der Waals surface area contributed by atoms with Crippen LogP contribution in [0.4, 0.5) is 10.2 Å². The quantitative estimate of drug-likeness (QED) is 0.915. The van der Waals surface area contributed by atoms with Crippen LogP contribution >= 0.6 is 0 Å². The molecule has 1 aliphatic rings. The second-order valence-electron chi connectivity index (χ2n) is 7.42. The minimum atomic E-state index is -0.426. The van der Waals surface area contributed by atoms with Gasteiger partial charge in [-0.25, -0.2) is 4.39 Å². The Labute approximate surface area is 134 Å². The van der Waals surface area contributed by atoms with Crippen LogP contribution in [0, 0.1) is 22.6 Å². The van der Waals surface area contributed by atoms with Crippen LogP contribution in [0.3, 0.4) is 0 Å². The van der Waals surface area contributed by atoms with Crippen molar-refractivity contribution in [3.8, 4) is 6.07 Å². The first kappa shape index (κ1) is 15.5. The summed E-state index contributed by atoms with van der Waals surface area (Å²) >= 11 is 0. The zero-order valence-corrected chi connectivity index (χ0v) is 13.6. The number of carbonyl (C=O) groups is 1. The molecule has 1 aromatic carbocycles. The molecule has 1 aromatic heterocycles. The Morgan fingerprint density at radius 2 is 2.09 bits per heavy atom. The average Bonchev–Trinajstić information content (AvgIpc) is 3.19. The minimum absolute atomic E-state index is 0.0804. The van der Waals surface area contributed by atoms with Gasteiger partial charge >= 0.3 is 0 Å². The highest BCUT2D eigenvalue weighted by Crippen LogP contribution is 2.42. The first-order valence-electron chi connectivity index (χ1n) is 7.83. The predicted molar refractivity (Wildman–Crippen MR) is 87.6 cm³/mol. The Morgan fingerprint density at radius 3 is 2.65 bits per heavy atom. The highest BCUT2D eigenvalue weighted by molar-refractivity contribution is 5.95. The second-order valence-corrected chi connectivity index (χ2v) is 7.42. The van der Waals surface area contributed by atoms with Crippen molar-refractivity contribution >= 4 is 22.6 Å². The number of anilines is 1. The number of benzene rings is 1. The summed E-state index contributed by atoms with van der Waals surface area (Å²) in [5.74, 6) is 0.110. The molecule has 0 atom stereocenters. The third kappa shape index (κ3) is 3.21. The minimum Gasteiger partial charge on any atom is -0.324 e. The third-order valence-electron chi connectivity index (χ3n) is 3.91. The van der Waals surface area contributed by atoms with E-state index >= 15 is 0 Å². The molecular formula is C18H20FN3O.